The second-order valence-corrected chi connectivity index (χ2v) is 11.0. The van der Waals surface area contributed by atoms with Crippen molar-refractivity contribution in [3.63, 3.8) is 0 Å². The minimum atomic E-state index is 0.0265. The molecule has 1 fully saturated rings. The zero-order valence-corrected chi connectivity index (χ0v) is 22.6. The molecule has 38 heavy (non-hydrogen) atoms. The van der Waals surface area contributed by atoms with Gasteiger partial charge in [-0.3, -0.25) is 9.69 Å². The average molecular weight is 528 g/mol. The Hall–Kier alpha value is -3.49. The first-order valence-electron chi connectivity index (χ1n) is 13.5. The highest BCUT2D eigenvalue weighted by atomic mass is 32.1. The number of aromatic nitrogens is 2. The SMILES string of the molecule is CCN1CCc2c(sc3nc(Cc4ccccc4)nc(N4CCN(C(=O)COc5ccccc5)CC4)c23)C1. The first kappa shape index (κ1) is 24.8. The summed E-state index contributed by atoms with van der Waals surface area (Å²) < 4.78 is 5.70. The normalized spacial score (nSPS) is 16.0. The monoisotopic (exact) mass is 527 g/mol. The number of rotatable bonds is 7. The predicted octanol–water partition coefficient (Wildman–Crippen LogP) is 4.39. The predicted molar refractivity (Wildman–Crippen MR) is 152 cm³/mol. The number of benzene rings is 2. The van der Waals surface area contributed by atoms with Crippen LogP contribution in [-0.2, 0) is 24.2 Å². The largest absolute Gasteiger partial charge is 0.484 e. The van der Waals surface area contributed by atoms with Gasteiger partial charge in [-0.2, -0.15) is 0 Å². The van der Waals surface area contributed by atoms with E-state index >= 15 is 0 Å². The van der Waals surface area contributed by atoms with Gasteiger partial charge in [-0.1, -0.05) is 55.5 Å². The molecule has 2 aromatic carbocycles. The van der Waals surface area contributed by atoms with E-state index in [4.69, 9.17) is 14.7 Å². The van der Waals surface area contributed by atoms with E-state index in [1.165, 1.54) is 21.4 Å². The summed E-state index contributed by atoms with van der Waals surface area (Å²) in [5.41, 5.74) is 2.64. The number of hydrogen-bond donors (Lipinski definition) is 0. The number of amides is 1. The highest BCUT2D eigenvalue weighted by Crippen LogP contribution is 2.39. The number of ether oxygens (including phenoxy) is 1. The van der Waals surface area contributed by atoms with Gasteiger partial charge >= 0.3 is 0 Å². The Morgan fingerprint density at radius 2 is 1.68 bits per heavy atom. The molecule has 0 saturated carbocycles. The van der Waals surface area contributed by atoms with Gasteiger partial charge in [0.25, 0.3) is 5.91 Å². The number of nitrogens with zero attached hydrogens (tertiary/aromatic N) is 5. The van der Waals surface area contributed by atoms with E-state index in [-0.39, 0.29) is 12.5 Å². The lowest BCUT2D eigenvalue weighted by molar-refractivity contribution is -0.133. The van der Waals surface area contributed by atoms with Crippen molar-refractivity contribution in [2.24, 2.45) is 0 Å². The Balaban J connectivity index is 1.24. The van der Waals surface area contributed by atoms with Crippen molar-refractivity contribution in [2.75, 3.05) is 50.8 Å². The zero-order valence-electron chi connectivity index (χ0n) is 21.8. The fourth-order valence-electron chi connectivity index (χ4n) is 5.35. The van der Waals surface area contributed by atoms with Crippen molar-refractivity contribution < 1.29 is 9.53 Å². The van der Waals surface area contributed by atoms with Gasteiger partial charge in [-0.05, 0) is 36.2 Å². The lowest BCUT2D eigenvalue weighted by atomic mass is 10.0. The molecule has 0 unspecified atom stereocenters. The molecule has 6 rings (SSSR count). The van der Waals surface area contributed by atoms with Gasteiger partial charge in [0.2, 0.25) is 0 Å². The van der Waals surface area contributed by atoms with Gasteiger partial charge in [-0.15, -0.1) is 11.3 Å². The first-order valence-corrected chi connectivity index (χ1v) is 14.3. The summed E-state index contributed by atoms with van der Waals surface area (Å²) in [5, 5.41) is 1.23. The molecule has 0 atom stereocenters. The molecule has 1 amide bonds. The number of hydrogen-bond acceptors (Lipinski definition) is 7. The maximum atomic E-state index is 12.8. The van der Waals surface area contributed by atoms with E-state index < -0.39 is 0 Å². The van der Waals surface area contributed by atoms with Gasteiger partial charge in [0.15, 0.2) is 6.61 Å². The number of carbonyl (C=O) groups excluding carboxylic acids is 1. The molecule has 196 valence electrons. The van der Waals surface area contributed by atoms with Crippen LogP contribution in [0.1, 0.15) is 28.8 Å². The first-order chi connectivity index (χ1) is 18.7. The summed E-state index contributed by atoms with van der Waals surface area (Å²) in [4.78, 5) is 32.4. The fourth-order valence-corrected chi connectivity index (χ4v) is 6.62. The number of thiophene rings is 1. The number of carbonyl (C=O) groups is 1. The van der Waals surface area contributed by atoms with Crippen LogP contribution >= 0.6 is 11.3 Å². The zero-order chi connectivity index (χ0) is 25.9. The van der Waals surface area contributed by atoms with Crippen LogP contribution in [0.3, 0.4) is 0 Å². The van der Waals surface area contributed by atoms with Crippen molar-refractivity contribution in [1.29, 1.82) is 0 Å². The molecule has 4 aromatic rings. The number of likely N-dealkylation sites (N-methyl/N-ethyl adjacent to an activating group) is 1. The molecular weight excluding hydrogens is 494 g/mol. The molecule has 0 aliphatic carbocycles. The molecule has 0 N–H and O–H groups in total. The number of fused-ring (bicyclic) bond motifs is 3. The van der Waals surface area contributed by atoms with Crippen LogP contribution in [-0.4, -0.2) is 71.6 Å². The summed E-state index contributed by atoms with van der Waals surface area (Å²) in [6.07, 6.45) is 1.75. The Kier molecular flexibility index (Phi) is 7.25. The summed E-state index contributed by atoms with van der Waals surface area (Å²) >= 11 is 1.83. The van der Waals surface area contributed by atoms with Gasteiger partial charge in [0.05, 0.1) is 5.39 Å². The van der Waals surface area contributed by atoms with E-state index in [0.717, 1.165) is 61.4 Å². The van der Waals surface area contributed by atoms with Gasteiger partial charge in [0.1, 0.15) is 22.2 Å². The Morgan fingerprint density at radius 3 is 2.42 bits per heavy atom. The molecule has 2 aromatic heterocycles. The second kappa shape index (κ2) is 11.1. The lowest BCUT2D eigenvalue weighted by Gasteiger charge is -2.36. The number of para-hydroxylation sites is 1. The summed E-state index contributed by atoms with van der Waals surface area (Å²) in [6.45, 7) is 8.24. The third kappa shape index (κ3) is 5.24. The third-order valence-electron chi connectivity index (χ3n) is 7.50. The van der Waals surface area contributed by atoms with E-state index in [1.54, 1.807) is 0 Å². The molecule has 4 heterocycles. The quantitative estimate of drug-likeness (QED) is 0.355. The van der Waals surface area contributed by atoms with Crippen molar-refractivity contribution in [1.82, 2.24) is 19.8 Å². The standard InChI is InChI=1S/C30H33N5O2S/c1-2-33-14-13-24-25(20-33)38-30-28(24)29(31-26(32-30)19-22-9-5-3-6-10-22)35-17-15-34(16-18-35)27(36)21-37-23-11-7-4-8-12-23/h3-12H,2,13-21H2,1H3. The minimum Gasteiger partial charge on any atom is -0.484 e. The molecule has 2 aliphatic heterocycles. The van der Waals surface area contributed by atoms with E-state index in [9.17, 15) is 4.79 Å². The van der Waals surface area contributed by atoms with Crippen molar-refractivity contribution in [3.8, 4) is 5.75 Å². The second-order valence-electron chi connectivity index (χ2n) is 9.90. The Bertz CT molecular complexity index is 1400. The Morgan fingerprint density at radius 1 is 0.947 bits per heavy atom. The van der Waals surface area contributed by atoms with Crippen LogP contribution in [0.15, 0.2) is 60.7 Å². The molecular formula is C30H33N5O2S. The van der Waals surface area contributed by atoms with Crippen LogP contribution < -0.4 is 9.64 Å². The summed E-state index contributed by atoms with van der Waals surface area (Å²) in [5.74, 6) is 2.65. The smallest absolute Gasteiger partial charge is 0.260 e. The molecule has 0 radical (unpaired) electrons. The topological polar surface area (TPSA) is 61.8 Å². The van der Waals surface area contributed by atoms with Crippen LogP contribution in [0.25, 0.3) is 10.2 Å². The van der Waals surface area contributed by atoms with E-state index in [1.807, 2.05) is 52.6 Å². The van der Waals surface area contributed by atoms with Gasteiger partial charge in [-0.25, -0.2) is 9.97 Å². The van der Waals surface area contributed by atoms with Crippen LogP contribution in [0, 0.1) is 0 Å². The van der Waals surface area contributed by atoms with E-state index in [0.29, 0.717) is 19.5 Å². The average Bonchev–Trinajstić information content (AvgIpc) is 3.34. The minimum absolute atomic E-state index is 0.0265. The molecule has 7 nitrogen and oxygen atoms in total. The van der Waals surface area contributed by atoms with Gasteiger partial charge in [0, 0.05) is 50.6 Å². The summed E-state index contributed by atoms with van der Waals surface area (Å²) in [6, 6.07) is 19.9. The van der Waals surface area contributed by atoms with Crippen molar-refractivity contribution in [3.05, 3.63) is 82.5 Å². The number of piperazine rings is 1. The lowest BCUT2D eigenvalue weighted by Crippen LogP contribution is -2.50. The molecule has 0 spiro atoms. The maximum Gasteiger partial charge on any atom is 0.260 e. The molecule has 8 heteroatoms. The maximum absolute atomic E-state index is 12.8. The van der Waals surface area contributed by atoms with Crippen molar-refractivity contribution >= 4 is 33.3 Å². The Labute approximate surface area is 227 Å². The molecule has 2 aliphatic rings. The van der Waals surface area contributed by atoms with Crippen LogP contribution in [0.2, 0.25) is 0 Å². The third-order valence-corrected chi connectivity index (χ3v) is 8.61. The molecule has 0 bridgehead atoms. The highest BCUT2D eigenvalue weighted by molar-refractivity contribution is 7.19. The fraction of sp³-hybridized carbons (Fsp3) is 0.367. The van der Waals surface area contributed by atoms with Crippen LogP contribution in [0.4, 0.5) is 5.82 Å². The van der Waals surface area contributed by atoms with Gasteiger partial charge < -0.3 is 14.5 Å². The highest BCUT2D eigenvalue weighted by Gasteiger charge is 2.28. The number of anilines is 1. The van der Waals surface area contributed by atoms with Crippen LogP contribution in [0.5, 0.6) is 5.75 Å². The molecule has 1 saturated heterocycles. The van der Waals surface area contributed by atoms with Crippen molar-refractivity contribution in [2.45, 2.75) is 26.3 Å². The van der Waals surface area contributed by atoms with E-state index in [2.05, 4.69) is 41.0 Å². The summed E-state index contributed by atoms with van der Waals surface area (Å²) in [7, 11) is 0.